The van der Waals surface area contributed by atoms with Crippen molar-refractivity contribution in [2.75, 3.05) is 0 Å². The van der Waals surface area contributed by atoms with E-state index in [9.17, 15) is 9.90 Å². The molecule has 0 bridgehead atoms. The third-order valence-corrected chi connectivity index (χ3v) is 4.16. The van der Waals surface area contributed by atoms with Crippen molar-refractivity contribution in [3.05, 3.63) is 114 Å². The van der Waals surface area contributed by atoms with Gasteiger partial charge in [0.25, 0.3) is 0 Å². The van der Waals surface area contributed by atoms with Crippen LogP contribution in [-0.2, 0) is 4.79 Å². The van der Waals surface area contributed by atoms with Crippen LogP contribution >= 0.6 is 0 Å². The van der Waals surface area contributed by atoms with E-state index in [1.165, 1.54) is 0 Å². The lowest BCUT2D eigenvalue weighted by Crippen LogP contribution is -2.38. The van der Waals surface area contributed by atoms with Gasteiger partial charge in [0.05, 0.1) is 6.04 Å². The second-order valence-electron chi connectivity index (χ2n) is 6.01. The molecule has 1 unspecified atom stereocenters. The van der Waals surface area contributed by atoms with Crippen LogP contribution in [0.3, 0.4) is 0 Å². The van der Waals surface area contributed by atoms with Gasteiger partial charge in [0.15, 0.2) is 0 Å². The lowest BCUT2D eigenvalue weighted by Gasteiger charge is -2.23. The molecular weight excluding hydrogens is 322 g/mol. The Labute approximate surface area is 153 Å². The summed E-state index contributed by atoms with van der Waals surface area (Å²) in [5.41, 5.74) is 3.02. The van der Waals surface area contributed by atoms with Gasteiger partial charge < -0.3 is 5.11 Å². The summed E-state index contributed by atoms with van der Waals surface area (Å²) in [5, 5.41) is 13.0. The monoisotopic (exact) mass is 343 g/mol. The fourth-order valence-corrected chi connectivity index (χ4v) is 2.84. The van der Waals surface area contributed by atoms with Crippen molar-refractivity contribution in [2.24, 2.45) is 0 Å². The topological polar surface area (TPSA) is 49.3 Å². The molecule has 26 heavy (non-hydrogen) atoms. The van der Waals surface area contributed by atoms with Crippen LogP contribution < -0.4 is 5.32 Å². The fraction of sp³-hybridized carbons (Fsp3) is 0.0870. The first kappa shape index (κ1) is 17.6. The summed E-state index contributed by atoms with van der Waals surface area (Å²) in [6.45, 7) is 0. The van der Waals surface area contributed by atoms with Gasteiger partial charge in [0.1, 0.15) is 6.04 Å². The molecule has 0 aliphatic rings. The van der Waals surface area contributed by atoms with Crippen LogP contribution in [0, 0.1) is 0 Å². The first-order valence-corrected chi connectivity index (χ1v) is 8.56. The van der Waals surface area contributed by atoms with E-state index in [-0.39, 0.29) is 6.04 Å². The zero-order valence-electron chi connectivity index (χ0n) is 14.3. The predicted molar refractivity (Wildman–Crippen MR) is 105 cm³/mol. The van der Waals surface area contributed by atoms with E-state index >= 15 is 0 Å². The zero-order chi connectivity index (χ0) is 18.2. The number of carboxylic acid groups (broad SMARTS) is 1. The highest BCUT2D eigenvalue weighted by Crippen LogP contribution is 2.22. The fourth-order valence-electron chi connectivity index (χ4n) is 2.84. The quantitative estimate of drug-likeness (QED) is 0.662. The molecule has 0 radical (unpaired) electrons. The van der Waals surface area contributed by atoms with Crippen molar-refractivity contribution in [1.29, 1.82) is 0 Å². The molecule has 2 N–H and O–H groups in total. The largest absolute Gasteiger partial charge is 0.480 e. The van der Waals surface area contributed by atoms with Crippen LogP contribution in [0.2, 0.25) is 0 Å². The van der Waals surface area contributed by atoms with Crippen LogP contribution in [0.25, 0.3) is 6.08 Å². The normalized spacial score (nSPS) is 12.3. The van der Waals surface area contributed by atoms with Gasteiger partial charge in [-0.1, -0.05) is 103 Å². The maximum atomic E-state index is 11.8. The molecule has 130 valence electrons. The standard InChI is InChI=1S/C23H21NO2/c25-23(26)21(17-16-18-10-4-1-5-11-18)24-22(19-12-6-2-7-13-19)20-14-8-3-9-15-20/h1-17,21-22,24H,(H,25,26)/b17-16+. The number of carbonyl (C=O) groups is 1. The second kappa shape index (κ2) is 8.79. The molecule has 1 atom stereocenters. The van der Waals surface area contributed by atoms with E-state index in [1.54, 1.807) is 6.08 Å². The summed E-state index contributed by atoms with van der Waals surface area (Å²) in [6, 6.07) is 28.4. The van der Waals surface area contributed by atoms with Crippen molar-refractivity contribution >= 4 is 12.0 Å². The molecule has 3 rings (SSSR count). The first-order chi connectivity index (χ1) is 12.7. The molecule has 0 saturated heterocycles. The molecule has 3 aromatic carbocycles. The maximum absolute atomic E-state index is 11.8. The Balaban J connectivity index is 1.88. The highest BCUT2D eigenvalue weighted by Gasteiger charge is 2.21. The third kappa shape index (κ3) is 4.68. The van der Waals surface area contributed by atoms with Gasteiger partial charge in [-0.2, -0.15) is 0 Å². The Kier molecular flexibility index (Phi) is 5.96. The molecule has 0 saturated carbocycles. The minimum Gasteiger partial charge on any atom is -0.480 e. The van der Waals surface area contributed by atoms with Crippen LogP contribution in [0.4, 0.5) is 0 Å². The number of nitrogens with one attached hydrogen (secondary N) is 1. The highest BCUT2D eigenvalue weighted by atomic mass is 16.4. The van der Waals surface area contributed by atoms with Crippen molar-refractivity contribution in [3.63, 3.8) is 0 Å². The number of aliphatic carboxylic acids is 1. The second-order valence-corrected chi connectivity index (χ2v) is 6.01. The van der Waals surface area contributed by atoms with E-state index in [1.807, 2.05) is 97.1 Å². The van der Waals surface area contributed by atoms with Gasteiger partial charge in [0.2, 0.25) is 0 Å². The summed E-state index contributed by atoms with van der Waals surface area (Å²) in [7, 11) is 0. The van der Waals surface area contributed by atoms with E-state index in [2.05, 4.69) is 5.32 Å². The van der Waals surface area contributed by atoms with Crippen molar-refractivity contribution < 1.29 is 9.90 Å². The summed E-state index contributed by atoms with van der Waals surface area (Å²) < 4.78 is 0. The minimum absolute atomic E-state index is 0.209. The molecule has 0 aromatic heterocycles. The van der Waals surface area contributed by atoms with Gasteiger partial charge >= 0.3 is 5.97 Å². The number of benzene rings is 3. The molecule has 0 fully saturated rings. The minimum atomic E-state index is -0.908. The SMILES string of the molecule is O=C(O)C(/C=C/c1ccccc1)NC(c1ccccc1)c1ccccc1. The summed E-state index contributed by atoms with van der Waals surface area (Å²) >= 11 is 0. The molecule has 0 heterocycles. The van der Waals surface area contributed by atoms with Crippen molar-refractivity contribution in [2.45, 2.75) is 12.1 Å². The van der Waals surface area contributed by atoms with Crippen LogP contribution in [0.5, 0.6) is 0 Å². The van der Waals surface area contributed by atoms with E-state index in [0.717, 1.165) is 16.7 Å². The molecule has 3 nitrogen and oxygen atoms in total. The number of hydrogen-bond donors (Lipinski definition) is 2. The van der Waals surface area contributed by atoms with Crippen LogP contribution in [-0.4, -0.2) is 17.1 Å². The van der Waals surface area contributed by atoms with Gasteiger partial charge in [-0.25, -0.2) is 0 Å². The van der Waals surface area contributed by atoms with E-state index in [4.69, 9.17) is 0 Å². The summed E-state index contributed by atoms with van der Waals surface area (Å²) in [6.07, 6.45) is 3.52. The Morgan fingerprint density at radius 2 is 1.23 bits per heavy atom. The van der Waals surface area contributed by atoms with Crippen molar-refractivity contribution in [3.8, 4) is 0 Å². The Morgan fingerprint density at radius 1 is 0.769 bits per heavy atom. The van der Waals surface area contributed by atoms with Crippen LogP contribution in [0.1, 0.15) is 22.7 Å². The third-order valence-electron chi connectivity index (χ3n) is 4.16. The zero-order valence-corrected chi connectivity index (χ0v) is 14.3. The number of rotatable bonds is 7. The lowest BCUT2D eigenvalue weighted by molar-refractivity contribution is -0.138. The molecule has 3 aromatic rings. The molecule has 3 heteroatoms. The maximum Gasteiger partial charge on any atom is 0.324 e. The highest BCUT2D eigenvalue weighted by molar-refractivity contribution is 5.77. The van der Waals surface area contributed by atoms with E-state index in [0.29, 0.717) is 0 Å². The van der Waals surface area contributed by atoms with E-state index < -0.39 is 12.0 Å². The lowest BCUT2D eigenvalue weighted by atomic mass is 9.97. The molecule has 0 amide bonds. The summed E-state index contributed by atoms with van der Waals surface area (Å²) in [5.74, 6) is -0.908. The van der Waals surface area contributed by atoms with Gasteiger partial charge in [-0.05, 0) is 16.7 Å². The van der Waals surface area contributed by atoms with Crippen LogP contribution in [0.15, 0.2) is 97.1 Å². The average molecular weight is 343 g/mol. The first-order valence-electron chi connectivity index (χ1n) is 8.56. The molecule has 0 aliphatic carbocycles. The Bertz CT molecular complexity index is 806. The molecule has 0 aliphatic heterocycles. The summed E-state index contributed by atoms with van der Waals surface area (Å²) in [4.78, 5) is 11.8. The predicted octanol–water partition coefficient (Wildman–Crippen LogP) is 4.53. The van der Waals surface area contributed by atoms with Gasteiger partial charge in [0, 0.05) is 0 Å². The van der Waals surface area contributed by atoms with Crippen molar-refractivity contribution in [1.82, 2.24) is 5.32 Å². The van der Waals surface area contributed by atoms with Gasteiger partial charge in [-0.3, -0.25) is 10.1 Å². The smallest absolute Gasteiger partial charge is 0.324 e. The Hall–Kier alpha value is -3.17. The van der Waals surface area contributed by atoms with Gasteiger partial charge in [-0.15, -0.1) is 0 Å². The number of hydrogen-bond acceptors (Lipinski definition) is 2. The molecular formula is C23H21NO2. The molecule has 0 spiro atoms. The Morgan fingerprint density at radius 3 is 1.69 bits per heavy atom. The average Bonchev–Trinajstić information content (AvgIpc) is 2.70. The number of carboxylic acids is 1.